The SMILES string of the molecule is O=C(O)C1CCCCC1Sc1nccs1. The molecule has 0 bridgehead atoms. The Hall–Kier alpha value is -0.550. The lowest BCUT2D eigenvalue weighted by molar-refractivity contribution is -0.142. The van der Waals surface area contributed by atoms with Crippen molar-refractivity contribution in [3.05, 3.63) is 11.6 Å². The molecule has 2 unspecified atom stereocenters. The Morgan fingerprint density at radius 3 is 3.00 bits per heavy atom. The smallest absolute Gasteiger partial charge is 0.307 e. The molecule has 5 heteroatoms. The minimum Gasteiger partial charge on any atom is -0.481 e. The molecule has 0 saturated heterocycles. The Morgan fingerprint density at radius 1 is 1.53 bits per heavy atom. The first-order valence-electron chi connectivity index (χ1n) is 5.06. The van der Waals surface area contributed by atoms with E-state index in [2.05, 4.69) is 4.98 Å². The van der Waals surface area contributed by atoms with E-state index in [1.165, 1.54) is 0 Å². The van der Waals surface area contributed by atoms with Crippen molar-refractivity contribution in [2.45, 2.75) is 35.3 Å². The number of nitrogens with zero attached hydrogens (tertiary/aromatic N) is 1. The Morgan fingerprint density at radius 2 is 2.33 bits per heavy atom. The second-order valence-electron chi connectivity index (χ2n) is 3.68. The van der Waals surface area contributed by atoms with Crippen LogP contribution in [0.4, 0.5) is 0 Å². The molecule has 0 aromatic carbocycles. The second-order valence-corrected chi connectivity index (χ2v) is 6.06. The van der Waals surface area contributed by atoms with E-state index in [0.717, 1.165) is 30.0 Å². The van der Waals surface area contributed by atoms with Crippen LogP contribution < -0.4 is 0 Å². The Bertz CT molecular complexity index is 326. The molecule has 1 aliphatic rings. The molecule has 2 atom stereocenters. The first-order valence-corrected chi connectivity index (χ1v) is 6.82. The van der Waals surface area contributed by atoms with Crippen molar-refractivity contribution in [1.29, 1.82) is 0 Å². The van der Waals surface area contributed by atoms with Crippen LogP contribution in [0.25, 0.3) is 0 Å². The van der Waals surface area contributed by atoms with Gasteiger partial charge in [-0.05, 0) is 12.8 Å². The summed E-state index contributed by atoms with van der Waals surface area (Å²) >= 11 is 3.22. The number of thioether (sulfide) groups is 1. The zero-order valence-corrected chi connectivity index (χ0v) is 9.89. The average molecular weight is 243 g/mol. The quantitative estimate of drug-likeness (QED) is 0.887. The van der Waals surface area contributed by atoms with Gasteiger partial charge in [-0.1, -0.05) is 24.6 Å². The minimum absolute atomic E-state index is 0.187. The fraction of sp³-hybridized carbons (Fsp3) is 0.600. The average Bonchev–Trinajstić information content (AvgIpc) is 2.71. The Labute approximate surface area is 96.9 Å². The summed E-state index contributed by atoms with van der Waals surface area (Å²) in [5, 5.41) is 11.2. The lowest BCUT2D eigenvalue weighted by atomic mass is 9.89. The summed E-state index contributed by atoms with van der Waals surface area (Å²) in [4.78, 5) is 15.3. The maximum absolute atomic E-state index is 11.1. The molecule has 1 aromatic heterocycles. The van der Waals surface area contributed by atoms with Gasteiger partial charge >= 0.3 is 5.97 Å². The van der Waals surface area contributed by atoms with E-state index >= 15 is 0 Å². The molecule has 0 aliphatic heterocycles. The van der Waals surface area contributed by atoms with Crippen LogP contribution in [0.2, 0.25) is 0 Å². The van der Waals surface area contributed by atoms with E-state index in [4.69, 9.17) is 5.11 Å². The van der Waals surface area contributed by atoms with E-state index in [1.54, 1.807) is 29.3 Å². The Kier molecular flexibility index (Phi) is 3.64. The van der Waals surface area contributed by atoms with Crippen LogP contribution in [0, 0.1) is 5.92 Å². The first kappa shape index (κ1) is 11.0. The number of aromatic nitrogens is 1. The number of hydrogen-bond acceptors (Lipinski definition) is 4. The molecule has 1 saturated carbocycles. The van der Waals surface area contributed by atoms with Crippen LogP contribution in [0.1, 0.15) is 25.7 Å². The molecule has 0 radical (unpaired) electrons. The molecule has 0 spiro atoms. The summed E-state index contributed by atoms with van der Waals surface area (Å²) in [7, 11) is 0. The fourth-order valence-corrected chi connectivity index (χ4v) is 4.12. The summed E-state index contributed by atoms with van der Waals surface area (Å²) in [5.74, 6) is -0.837. The van der Waals surface area contributed by atoms with E-state index < -0.39 is 5.97 Å². The van der Waals surface area contributed by atoms with Gasteiger partial charge in [-0.25, -0.2) is 4.98 Å². The molecular formula is C10H13NO2S2. The van der Waals surface area contributed by atoms with Crippen molar-refractivity contribution < 1.29 is 9.90 Å². The number of carboxylic acids is 1. The highest BCUT2D eigenvalue weighted by Crippen LogP contribution is 2.38. The van der Waals surface area contributed by atoms with Gasteiger partial charge in [0.25, 0.3) is 0 Å². The summed E-state index contributed by atoms with van der Waals surface area (Å²) < 4.78 is 0.994. The van der Waals surface area contributed by atoms with Gasteiger partial charge in [0.15, 0.2) is 0 Å². The van der Waals surface area contributed by atoms with Crippen LogP contribution in [0.5, 0.6) is 0 Å². The Balaban J connectivity index is 2.02. The third kappa shape index (κ3) is 2.72. The van der Waals surface area contributed by atoms with Gasteiger partial charge in [0, 0.05) is 16.8 Å². The van der Waals surface area contributed by atoms with Crippen LogP contribution in [-0.2, 0) is 4.79 Å². The van der Waals surface area contributed by atoms with Gasteiger partial charge in [0.1, 0.15) is 4.34 Å². The molecule has 1 heterocycles. The standard InChI is InChI=1S/C10H13NO2S2/c12-9(13)7-3-1-2-4-8(7)15-10-11-5-6-14-10/h5-8H,1-4H2,(H,12,13). The number of hydrogen-bond donors (Lipinski definition) is 1. The van der Waals surface area contributed by atoms with Gasteiger partial charge in [-0.2, -0.15) is 0 Å². The monoisotopic (exact) mass is 243 g/mol. The molecule has 1 aromatic rings. The van der Waals surface area contributed by atoms with Crippen LogP contribution >= 0.6 is 23.1 Å². The van der Waals surface area contributed by atoms with Crippen molar-refractivity contribution in [3.63, 3.8) is 0 Å². The van der Waals surface area contributed by atoms with Gasteiger partial charge in [0.05, 0.1) is 5.92 Å². The highest BCUT2D eigenvalue weighted by atomic mass is 32.2. The topological polar surface area (TPSA) is 50.2 Å². The molecule has 82 valence electrons. The lowest BCUT2D eigenvalue weighted by Crippen LogP contribution is -2.28. The fourth-order valence-electron chi connectivity index (χ4n) is 1.92. The maximum atomic E-state index is 11.1. The largest absolute Gasteiger partial charge is 0.481 e. The maximum Gasteiger partial charge on any atom is 0.307 e. The van der Waals surface area contributed by atoms with Gasteiger partial charge in [-0.15, -0.1) is 11.3 Å². The van der Waals surface area contributed by atoms with Crippen molar-refractivity contribution in [2.75, 3.05) is 0 Å². The molecule has 1 fully saturated rings. The van der Waals surface area contributed by atoms with E-state index in [1.807, 2.05) is 5.38 Å². The zero-order valence-electron chi connectivity index (χ0n) is 8.26. The normalized spacial score (nSPS) is 26.4. The number of carboxylic acid groups (broad SMARTS) is 1. The number of rotatable bonds is 3. The van der Waals surface area contributed by atoms with Crippen molar-refractivity contribution in [1.82, 2.24) is 4.98 Å². The third-order valence-electron chi connectivity index (χ3n) is 2.68. The molecule has 0 amide bonds. The minimum atomic E-state index is -0.649. The molecule has 2 rings (SSSR count). The van der Waals surface area contributed by atoms with Crippen molar-refractivity contribution >= 4 is 29.1 Å². The molecule has 1 N–H and O–H groups in total. The number of carbonyl (C=O) groups is 1. The van der Waals surface area contributed by atoms with E-state index in [0.29, 0.717) is 0 Å². The zero-order chi connectivity index (χ0) is 10.7. The highest BCUT2D eigenvalue weighted by Gasteiger charge is 2.31. The first-order chi connectivity index (χ1) is 7.27. The van der Waals surface area contributed by atoms with Crippen LogP contribution in [0.15, 0.2) is 15.9 Å². The highest BCUT2D eigenvalue weighted by molar-refractivity contribution is 8.01. The summed E-state index contributed by atoms with van der Waals surface area (Å²) in [6.07, 6.45) is 5.78. The summed E-state index contributed by atoms with van der Waals surface area (Å²) in [6.45, 7) is 0. The molecule has 15 heavy (non-hydrogen) atoms. The van der Waals surface area contributed by atoms with Gasteiger partial charge in [-0.3, -0.25) is 4.79 Å². The van der Waals surface area contributed by atoms with Gasteiger partial charge in [0.2, 0.25) is 0 Å². The predicted octanol–water partition coefficient (Wildman–Crippen LogP) is 2.88. The second kappa shape index (κ2) is 4.99. The van der Waals surface area contributed by atoms with Crippen molar-refractivity contribution in [2.24, 2.45) is 5.92 Å². The predicted molar refractivity (Wildman–Crippen MR) is 61.4 cm³/mol. The lowest BCUT2D eigenvalue weighted by Gasteiger charge is -2.26. The van der Waals surface area contributed by atoms with E-state index in [9.17, 15) is 4.79 Å². The van der Waals surface area contributed by atoms with Gasteiger partial charge < -0.3 is 5.11 Å². The number of thiazole rings is 1. The van der Waals surface area contributed by atoms with E-state index in [-0.39, 0.29) is 11.2 Å². The summed E-state index contributed by atoms with van der Waals surface area (Å²) in [6, 6.07) is 0. The molecule has 3 nitrogen and oxygen atoms in total. The van der Waals surface area contributed by atoms with Crippen molar-refractivity contribution in [3.8, 4) is 0 Å². The summed E-state index contributed by atoms with van der Waals surface area (Å²) in [5.41, 5.74) is 0. The molecule has 1 aliphatic carbocycles. The van der Waals surface area contributed by atoms with Crippen LogP contribution in [-0.4, -0.2) is 21.3 Å². The third-order valence-corrected chi connectivity index (χ3v) is 5.00. The number of aliphatic carboxylic acids is 1. The van der Waals surface area contributed by atoms with Crippen LogP contribution in [0.3, 0.4) is 0 Å². The molecular weight excluding hydrogens is 230 g/mol.